The van der Waals surface area contributed by atoms with Gasteiger partial charge in [-0.3, -0.25) is 9.59 Å². The molecule has 9 heteroatoms. The van der Waals surface area contributed by atoms with Crippen LogP contribution in [0.3, 0.4) is 0 Å². The van der Waals surface area contributed by atoms with Gasteiger partial charge in [0.15, 0.2) is 6.10 Å². The van der Waals surface area contributed by atoms with E-state index in [-0.39, 0.29) is 32.2 Å². The van der Waals surface area contributed by atoms with E-state index in [9.17, 15) is 19.5 Å². The molecule has 0 fully saturated rings. The predicted octanol–water partition coefficient (Wildman–Crippen LogP) is 18.1. The lowest BCUT2D eigenvalue weighted by molar-refractivity contribution is -0.870. The van der Waals surface area contributed by atoms with Crippen LogP contribution < -0.4 is 0 Å². The summed E-state index contributed by atoms with van der Waals surface area (Å²) in [6, 6.07) is 0. The molecule has 0 radical (unpaired) electrons. The molecule has 0 bridgehead atoms. The minimum Gasteiger partial charge on any atom is -0.477 e. The third-order valence-corrected chi connectivity index (χ3v) is 13.6. The van der Waals surface area contributed by atoms with Crippen molar-refractivity contribution in [2.24, 2.45) is 0 Å². The number of unbranched alkanes of at least 4 members (excludes halogenated alkanes) is 36. The number of carboxylic acid groups (broad SMARTS) is 1. The van der Waals surface area contributed by atoms with Gasteiger partial charge in [0.25, 0.3) is 6.29 Å². The first kappa shape index (κ1) is 69.5. The molecule has 0 rings (SSSR count). The number of allylic oxidation sites excluding steroid dienone is 6. The number of likely N-dealkylation sites (N-methyl/N-ethyl adjacent to an activating group) is 1. The Bertz CT molecular complexity index is 1270. The summed E-state index contributed by atoms with van der Waals surface area (Å²) < 4.78 is 22.9. The van der Waals surface area contributed by atoms with Crippen molar-refractivity contribution in [1.82, 2.24) is 0 Å². The van der Waals surface area contributed by atoms with Gasteiger partial charge in [-0.05, 0) is 70.6 Å². The van der Waals surface area contributed by atoms with E-state index in [1.165, 1.54) is 205 Å². The molecule has 0 aromatic rings. The number of carboxylic acids is 1. The summed E-state index contributed by atoms with van der Waals surface area (Å²) in [5.74, 6) is -2.00. The highest BCUT2D eigenvalue weighted by Gasteiger charge is 2.25. The quantitative estimate of drug-likeness (QED) is 0.0211. The lowest BCUT2D eigenvalue weighted by atomic mass is 10.0. The first-order valence-electron chi connectivity index (χ1n) is 30.7. The molecule has 0 heterocycles. The Balaban J connectivity index is 4.05. The first-order chi connectivity index (χ1) is 35.1. The Morgan fingerprint density at radius 2 is 0.750 bits per heavy atom. The van der Waals surface area contributed by atoms with Crippen LogP contribution in [0.5, 0.6) is 0 Å². The number of ether oxygens (including phenoxy) is 4. The number of nitrogens with zero attached hydrogens (tertiary/aromatic N) is 1. The largest absolute Gasteiger partial charge is 0.477 e. The maximum atomic E-state index is 12.9. The van der Waals surface area contributed by atoms with Crippen LogP contribution in [0.1, 0.15) is 290 Å². The van der Waals surface area contributed by atoms with Gasteiger partial charge in [0.2, 0.25) is 0 Å². The van der Waals surface area contributed by atoms with Gasteiger partial charge in [-0.15, -0.1) is 0 Å². The Kier molecular flexibility index (Phi) is 52.9. The Labute approximate surface area is 445 Å². The maximum absolute atomic E-state index is 12.9. The van der Waals surface area contributed by atoms with Crippen molar-refractivity contribution in [1.29, 1.82) is 0 Å². The Morgan fingerprint density at radius 1 is 0.417 bits per heavy atom. The first-order valence-corrected chi connectivity index (χ1v) is 30.7. The van der Waals surface area contributed by atoms with Crippen molar-refractivity contribution in [3.05, 3.63) is 36.5 Å². The fourth-order valence-corrected chi connectivity index (χ4v) is 8.86. The van der Waals surface area contributed by atoms with Crippen LogP contribution in [0, 0.1) is 0 Å². The summed E-state index contributed by atoms with van der Waals surface area (Å²) in [5.41, 5.74) is 0. The molecule has 2 atom stereocenters. The lowest BCUT2D eigenvalue weighted by Gasteiger charge is -2.25. The third kappa shape index (κ3) is 55.3. The minimum atomic E-state index is -1.51. The van der Waals surface area contributed by atoms with Crippen molar-refractivity contribution in [2.45, 2.75) is 302 Å². The van der Waals surface area contributed by atoms with Crippen LogP contribution in [-0.4, -0.2) is 87.4 Å². The molecule has 0 spiro atoms. The van der Waals surface area contributed by atoms with E-state index in [0.717, 1.165) is 57.8 Å². The van der Waals surface area contributed by atoms with Gasteiger partial charge in [-0.25, -0.2) is 4.79 Å². The lowest BCUT2D eigenvalue weighted by Crippen LogP contribution is -2.40. The smallest absolute Gasteiger partial charge is 0.361 e. The monoisotopic (exact) mass is 1020 g/mol. The molecular weight excluding hydrogens is 899 g/mol. The van der Waals surface area contributed by atoms with Gasteiger partial charge in [-0.1, -0.05) is 243 Å². The molecule has 0 amide bonds. The number of carbonyl (C=O) groups excluding carboxylic acids is 2. The van der Waals surface area contributed by atoms with Crippen molar-refractivity contribution < 1.29 is 42.9 Å². The standard InChI is InChI=1S/C63H117NO8/c1-6-8-10-12-14-16-18-20-22-23-24-25-26-27-28-29-30-31-32-33-34-35-36-37-38-39-40-42-44-46-48-50-52-54-61(66)72-59(58-71-63(62(67)68)69-56-55-64(3,4)5)57-70-60(65)53-51-49-47-45-43-41-21-19-17-15-13-11-9-7-2/h18-21,23-24,59,63H,6-17,22,25-58H2,1-5H3/p+1/b20-18-,21-19-,24-23-. The van der Waals surface area contributed by atoms with Gasteiger partial charge in [0, 0.05) is 12.8 Å². The molecule has 2 unspecified atom stereocenters. The van der Waals surface area contributed by atoms with Crippen LogP contribution in [0.2, 0.25) is 0 Å². The van der Waals surface area contributed by atoms with Crippen LogP contribution in [0.15, 0.2) is 36.5 Å². The zero-order chi connectivity index (χ0) is 52.7. The highest BCUT2D eigenvalue weighted by molar-refractivity contribution is 5.71. The van der Waals surface area contributed by atoms with E-state index < -0.39 is 24.3 Å². The van der Waals surface area contributed by atoms with Crippen molar-refractivity contribution in [3.63, 3.8) is 0 Å². The second kappa shape index (κ2) is 54.8. The molecule has 9 nitrogen and oxygen atoms in total. The molecule has 0 aromatic carbocycles. The highest BCUT2D eigenvalue weighted by Crippen LogP contribution is 2.17. The molecule has 0 aliphatic heterocycles. The number of hydrogen-bond acceptors (Lipinski definition) is 7. The van der Waals surface area contributed by atoms with Gasteiger partial charge < -0.3 is 28.5 Å². The topological polar surface area (TPSA) is 108 Å². The van der Waals surface area contributed by atoms with Crippen LogP contribution in [0.4, 0.5) is 0 Å². The van der Waals surface area contributed by atoms with Gasteiger partial charge in [-0.2, -0.15) is 0 Å². The third-order valence-electron chi connectivity index (χ3n) is 13.6. The number of esters is 2. The molecular formula is C63H118NO8+. The average molecular weight is 1020 g/mol. The summed E-state index contributed by atoms with van der Waals surface area (Å²) in [7, 11) is 5.97. The van der Waals surface area contributed by atoms with E-state index in [1.54, 1.807) is 0 Å². The van der Waals surface area contributed by atoms with Crippen molar-refractivity contribution in [2.75, 3.05) is 47.5 Å². The minimum absolute atomic E-state index is 0.182. The number of quaternary nitrogens is 1. The Morgan fingerprint density at radius 3 is 1.11 bits per heavy atom. The normalized spacial score (nSPS) is 13.0. The van der Waals surface area contributed by atoms with Crippen molar-refractivity contribution >= 4 is 17.9 Å². The van der Waals surface area contributed by atoms with E-state index in [0.29, 0.717) is 17.4 Å². The SMILES string of the molecule is CCCCCCC/C=C\C/C=C\CCCCCCCCCCCCCCCCCCCCCCCC(=O)OC(COC(=O)CCCCCCC/C=C\CCCCCCC)COC(OCC[N+](C)(C)C)C(=O)O. The number of rotatable bonds is 57. The summed E-state index contributed by atoms with van der Waals surface area (Å²) in [6.07, 6.45) is 63.9. The fraction of sp³-hybridized carbons (Fsp3) is 0.857. The molecule has 422 valence electrons. The second-order valence-electron chi connectivity index (χ2n) is 22.0. The highest BCUT2D eigenvalue weighted by atomic mass is 16.7. The predicted molar refractivity (Wildman–Crippen MR) is 304 cm³/mol. The second-order valence-corrected chi connectivity index (χ2v) is 22.0. The van der Waals surface area contributed by atoms with E-state index in [4.69, 9.17) is 18.9 Å². The molecule has 0 saturated carbocycles. The fourth-order valence-electron chi connectivity index (χ4n) is 8.86. The molecule has 72 heavy (non-hydrogen) atoms. The zero-order valence-corrected chi connectivity index (χ0v) is 48.1. The number of aliphatic carboxylic acids is 1. The molecule has 0 saturated heterocycles. The van der Waals surface area contributed by atoms with Gasteiger partial charge >= 0.3 is 17.9 Å². The molecule has 1 N–H and O–H groups in total. The summed E-state index contributed by atoms with van der Waals surface area (Å²) in [4.78, 5) is 37.4. The van der Waals surface area contributed by atoms with E-state index >= 15 is 0 Å². The van der Waals surface area contributed by atoms with Crippen molar-refractivity contribution in [3.8, 4) is 0 Å². The zero-order valence-electron chi connectivity index (χ0n) is 48.1. The van der Waals surface area contributed by atoms with E-state index in [2.05, 4.69) is 50.3 Å². The van der Waals surface area contributed by atoms with Gasteiger partial charge in [0.1, 0.15) is 13.2 Å². The maximum Gasteiger partial charge on any atom is 0.361 e. The molecule has 0 aromatic heterocycles. The Hall–Kier alpha value is -2.49. The van der Waals surface area contributed by atoms with Crippen LogP contribution in [-0.2, 0) is 33.3 Å². The average Bonchev–Trinajstić information content (AvgIpc) is 3.35. The van der Waals surface area contributed by atoms with Crippen LogP contribution >= 0.6 is 0 Å². The number of hydrogen-bond donors (Lipinski definition) is 1. The molecule has 0 aliphatic carbocycles. The molecule has 0 aliphatic rings. The summed E-state index contributed by atoms with van der Waals surface area (Å²) in [5, 5.41) is 9.69. The van der Waals surface area contributed by atoms with Gasteiger partial charge in [0.05, 0.1) is 34.4 Å². The van der Waals surface area contributed by atoms with E-state index in [1.807, 2.05) is 21.1 Å². The van der Waals surface area contributed by atoms with Crippen LogP contribution in [0.25, 0.3) is 0 Å². The summed E-state index contributed by atoms with van der Waals surface area (Å²) >= 11 is 0. The summed E-state index contributed by atoms with van der Waals surface area (Å²) in [6.45, 7) is 4.88. The number of carbonyl (C=O) groups is 3.